The Morgan fingerprint density at radius 2 is 1.45 bits per heavy atom. The standard InChI is InChI=1S/C26H18F6O/c1-3-18-14-20(11-10-19(18)9-8-17-6-4-16(2)5-7-17)24(28)25(29)21-12-13-23(22(27)15-21)33-26(30,31)32/h4-7,10-15H,3H2,1-2H3/b25-24+. The second-order valence-corrected chi connectivity index (χ2v) is 7.16. The van der Waals surface area contributed by atoms with Gasteiger partial charge in [-0.05, 0) is 61.4 Å². The first-order valence-electron chi connectivity index (χ1n) is 9.90. The van der Waals surface area contributed by atoms with Gasteiger partial charge in [-0.15, -0.1) is 13.2 Å². The van der Waals surface area contributed by atoms with Crippen molar-refractivity contribution in [3.05, 3.63) is 99.9 Å². The minimum absolute atomic E-state index is 0.0961. The molecule has 0 atom stereocenters. The van der Waals surface area contributed by atoms with Crippen molar-refractivity contribution in [3.63, 3.8) is 0 Å². The van der Waals surface area contributed by atoms with Crippen molar-refractivity contribution < 1.29 is 31.1 Å². The van der Waals surface area contributed by atoms with Gasteiger partial charge in [0.1, 0.15) is 0 Å². The second-order valence-electron chi connectivity index (χ2n) is 7.16. The molecule has 0 aliphatic heterocycles. The monoisotopic (exact) mass is 460 g/mol. The lowest BCUT2D eigenvalue weighted by molar-refractivity contribution is -0.275. The molecule has 0 N–H and O–H groups in total. The molecule has 0 unspecified atom stereocenters. The van der Waals surface area contributed by atoms with Crippen LogP contribution in [0.5, 0.6) is 5.75 Å². The van der Waals surface area contributed by atoms with E-state index in [4.69, 9.17) is 0 Å². The van der Waals surface area contributed by atoms with Crippen LogP contribution in [0.25, 0.3) is 11.7 Å². The van der Waals surface area contributed by atoms with E-state index in [1.807, 2.05) is 38.1 Å². The molecule has 3 rings (SSSR count). The second kappa shape index (κ2) is 9.86. The highest BCUT2D eigenvalue weighted by Gasteiger charge is 2.32. The van der Waals surface area contributed by atoms with Crippen LogP contribution in [-0.2, 0) is 6.42 Å². The van der Waals surface area contributed by atoms with Crippen molar-refractivity contribution in [2.75, 3.05) is 0 Å². The summed E-state index contributed by atoms with van der Waals surface area (Å²) in [6.45, 7) is 3.80. The Hall–Kier alpha value is -3.66. The molecule has 7 heteroatoms. The van der Waals surface area contributed by atoms with Crippen LogP contribution < -0.4 is 4.74 Å². The maximum absolute atomic E-state index is 14.8. The molecular weight excluding hydrogens is 442 g/mol. The Labute approximate surface area is 187 Å². The third kappa shape index (κ3) is 6.19. The van der Waals surface area contributed by atoms with Gasteiger partial charge >= 0.3 is 6.36 Å². The SMILES string of the molecule is CCc1cc(/C(F)=C(\F)c2ccc(OC(F)(F)F)c(F)c2)ccc1C#Cc1ccc(C)cc1. The molecule has 0 saturated heterocycles. The zero-order valence-electron chi connectivity index (χ0n) is 17.7. The molecular formula is C26H18F6O. The van der Waals surface area contributed by atoms with Crippen LogP contribution in [0.15, 0.2) is 60.7 Å². The molecule has 0 bridgehead atoms. The summed E-state index contributed by atoms with van der Waals surface area (Å²) in [6, 6.07) is 13.8. The smallest absolute Gasteiger partial charge is 0.403 e. The molecule has 0 aliphatic carbocycles. The molecule has 0 saturated carbocycles. The summed E-state index contributed by atoms with van der Waals surface area (Å²) in [5.41, 5.74) is 2.58. The van der Waals surface area contributed by atoms with Gasteiger partial charge in [0.25, 0.3) is 0 Å². The molecule has 1 nitrogen and oxygen atoms in total. The van der Waals surface area contributed by atoms with Gasteiger partial charge < -0.3 is 4.74 Å². The lowest BCUT2D eigenvalue weighted by Gasteiger charge is -2.10. The highest BCUT2D eigenvalue weighted by molar-refractivity contribution is 5.83. The zero-order valence-corrected chi connectivity index (χ0v) is 17.7. The first-order chi connectivity index (χ1) is 15.6. The van der Waals surface area contributed by atoms with Crippen LogP contribution in [0, 0.1) is 24.6 Å². The third-order valence-corrected chi connectivity index (χ3v) is 4.74. The number of halogens is 6. The fraction of sp³-hybridized carbons (Fsp3) is 0.154. The average Bonchev–Trinajstić information content (AvgIpc) is 2.78. The van der Waals surface area contributed by atoms with Gasteiger partial charge in [-0.25, -0.2) is 13.2 Å². The topological polar surface area (TPSA) is 9.23 Å². The molecule has 0 heterocycles. The van der Waals surface area contributed by atoms with E-state index in [1.165, 1.54) is 12.1 Å². The van der Waals surface area contributed by atoms with Gasteiger partial charge in [-0.1, -0.05) is 42.5 Å². The summed E-state index contributed by atoms with van der Waals surface area (Å²) < 4.78 is 83.6. The van der Waals surface area contributed by atoms with E-state index in [0.29, 0.717) is 29.7 Å². The number of alkyl halides is 3. The number of rotatable bonds is 4. The Bertz CT molecular complexity index is 1240. The summed E-state index contributed by atoms with van der Waals surface area (Å²) in [6.07, 6.45) is -4.61. The molecule has 0 radical (unpaired) electrons. The van der Waals surface area contributed by atoms with Crippen molar-refractivity contribution in [3.8, 4) is 17.6 Å². The molecule has 0 aliphatic rings. The van der Waals surface area contributed by atoms with Crippen LogP contribution in [0.2, 0.25) is 0 Å². The van der Waals surface area contributed by atoms with Gasteiger partial charge in [0.15, 0.2) is 23.2 Å². The van der Waals surface area contributed by atoms with E-state index in [0.717, 1.165) is 17.2 Å². The molecule has 0 amide bonds. The van der Waals surface area contributed by atoms with E-state index in [2.05, 4.69) is 16.6 Å². The predicted octanol–water partition coefficient (Wildman–Crippen LogP) is 7.76. The molecule has 0 aromatic heterocycles. The van der Waals surface area contributed by atoms with Crippen molar-refractivity contribution in [1.29, 1.82) is 0 Å². The number of hydrogen-bond acceptors (Lipinski definition) is 1. The fourth-order valence-electron chi connectivity index (χ4n) is 3.02. The van der Waals surface area contributed by atoms with Gasteiger partial charge in [0.2, 0.25) is 0 Å². The lowest BCUT2D eigenvalue weighted by atomic mass is 10.00. The Balaban J connectivity index is 1.91. The van der Waals surface area contributed by atoms with Crippen LogP contribution in [0.1, 0.15) is 40.3 Å². The van der Waals surface area contributed by atoms with E-state index in [9.17, 15) is 26.3 Å². The Morgan fingerprint density at radius 1 is 0.848 bits per heavy atom. The van der Waals surface area contributed by atoms with Gasteiger partial charge in [-0.3, -0.25) is 0 Å². The summed E-state index contributed by atoms with van der Waals surface area (Å²) >= 11 is 0. The highest BCUT2D eigenvalue weighted by Crippen LogP contribution is 2.33. The lowest BCUT2D eigenvalue weighted by Crippen LogP contribution is -2.17. The molecule has 33 heavy (non-hydrogen) atoms. The number of aryl methyl sites for hydroxylation is 2. The van der Waals surface area contributed by atoms with Crippen molar-refractivity contribution in [2.24, 2.45) is 0 Å². The summed E-state index contributed by atoms with van der Waals surface area (Å²) in [5.74, 6) is 0.761. The fourth-order valence-corrected chi connectivity index (χ4v) is 3.02. The molecule has 0 spiro atoms. The first kappa shape index (κ1) is 24.0. The van der Waals surface area contributed by atoms with Gasteiger partial charge in [0, 0.05) is 22.3 Å². The minimum atomic E-state index is -5.11. The quantitative estimate of drug-likeness (QED) is 0.220. The summed E-state index contributed by atoms with van der Waals surface area (Å²) in [5, 5.41) is 0. The van der Waals surface area contributed by atoms with E-state index >= 15 is 0 Å². The van der Waals surface area contributed by atoms with Crippen molar-refractivity contribution in [2.45, 2.75) is 26.6 Å². The van der Waals surface area contributed by atoms with E-state index in [1.54, 1.807) is 6.07 Å². The van der Waals surface area contributed by atoms with Crippen LogP contribution >= 0.6 is 0 Å². The first-order valence-corrected chi connectivity index (χ1v) is 9.90. The normalized spacial score (nSPS) is 12.0. The summed E-state index contributed by atoms with van der Waals surface area (Å²) in [4.78, 5) is 0. The van der Waals surface area contributed by atoms with Crippen LogP contribution in [0.3, 0.4) is 0 Å². The number of benzene rings is 3. The van der Waals surface area contributed by atoms with E-state index < -0.39 is 35.1 Å². The molecule has 0 fully saturated rings. The minimum Gasteiger partial charge on any atom is -0.403 e. The van der Waals surface area contributed by atoms with Crippen molar-refractivity contribution >= 4 is 11.7 Å². The number of ether oxygens (including phenoxy) is 1. The molecule has 170 valence electrons. The van der Waals surface area contributed by atoms with E-state index in [-0.39, 0.29) is 5.56 Å². The average molecular weight is 460 g/mol. The Morgan fingerprint density at radius 3 is 2.03 bits per heavy atom. The Kier molecular flexibility index (Phi) is 7.17. The third-order valence-electron chi connectivity index (χ3n) is 4.74. The maximum atomic E-state index is 14.8. The zero-order chi connectivity index (χ0) is 24.2. The summed E-state index contributed by atoms with van der Waals surface area (Å²) in [7, 11) is 0. The largest absolute Gasteiger partial charge is 0.573 e. The van der Waals surface area contributed by atoms with Gasteiger partial charge in [-0.2, -0.15) is 0 Å². The molecule has 3 aromatic rings. The predicted molar refractivity (Wildman–Crippen MR) is 115 cm³/mol. The highest BCUT2D eigenvalue weighted by atomic mass is 19.4. The van der Waals surface area contributed by atoms with Crippen LogP contribution in [0.4, 0.5) is 26.3 Å². The molecule has 3 aromatic carbocycles. The van der Waals surface area contributed by atoms with Crippen molar-refractivity contribution in [1.82, 2.24) is 0 Å². The number of hydrogen-bond donors (Lipinski definition) is 0. The maximum Gasteiger partial charge on any atom is 0.573 e. The van der Waals surface area contributed by atoms with Crippen LogP contribution in [-0.4, -0.2) is 6.36 Å². The van der Waals surface area contributed by atoms with Gasteiger partial charge in [0.05, 0.1) is 0 Å².